The SMILES string of the molecule is O=C(O)CCCN(Cc1cccc(Cl)c1)Cc1cnc2n1CCC2. The van der Waals surface area contributed by atoms with Crippen molar-refractivity contribution in [1.29, 1.82) is 0 Å². The van der Waals surface area contributed by atoms with Gasteiger partial charge in [-0.1, -0.05) is 23.7 Å². The fraction of sp³-hybridized carbons (Fsp3) is 0.444. The molecule has 0 saturated carbocycles. The maximum atomic E-state index is 10.8. The summed E-state index contributed by atoms with van der Waals surface area (Å²) in [6.07, 6.45) is 4.99. The van der Waals surface area contributed by atoms with E-state index in [2.05, 4.69) is 20.5 Å². The van der Waals surface area contributed by atoms with Crippen LogP contribution in [0.25, 0.3) is 0 Å². The molecule has 0 fully saturated rings. The molecular weight excluding hydrogens is 326 g/mol. The Bertz CT molecular complexity index is 714. The van der Waals surface area contributed by atoms with Crippen molar-refractivity contribution in [2.24, 2.45) is 0 Å². The zero-order chi connectivity index (χ0) is 16.9. The van der Waals surface area contributed by atoms with Gasteiger partial charge < -0.3 is 9.67 Å². The lowest BCUT2D eigenvalue weighted by Crippen LogP contribution is -2.25. The lowest BCUT2D eigenvalue weighted by Gasteiger charge is -2.22. The predicted octanol–water partition coefficient (Wildman–Crippen LogP) is 3.35. The third-order valence-corrected chi connectivity index (χ3v) is 4.58. The van der Waals surface area contributed by atoms with Gasteiger partial charge in [0.05, 0.1) is 5.69 Å². The number of aliphatic carboxylic acids is 1. The highest BCUT2D eigenvalue weighted by atomic mass is 35.5. The van der Waals surface area contributed by atoms with Crippen LogP contribution < -0.4 is 0 Å². The minimum atomic E-state index is -0.747. The van der Waals surface area contributed by atoms with Crippen LogP contribution in [0.3, 0.4) is 0 Å². The summed E-state index contributed by atoms with van der Waals surface area (Å²) in [6, 6.07) is 7.83. The first-order chi connectivity index (χ1) is 11.6. The number of carboxylic acids is 1. The van der Waals surface area contributed by atoms with Crippen LogP contribution in [-0.2, 0) is 30.8 Å². The lowest BCUT2D eigenvalue weighted by molar-refractivity contribution is -0.137. The number of nitrogens with zero attached hydrogens (tertiary/aromatic N) is 3. The Morgan fingerprint density at radius 2 is 2.25 bits per heavy atom. The van der Waals surface area contributed by atoms with E-state index in [-0.39, 0.29) is 6.42 Å². The van der Waals surface area contributed by atoms with Crippen LogP contribution in [0.2, 0.25) is 5.02 Å². The molecule has 2 heterocycles. The predicted molar refractivity (Wildman–Crippen MR) is 93.0 cm³/mol. The maximum absolute atomic E-state index is 10.8. The van der Waals surface area contributed by atoms with Gasteiger partial charge in [-0.3, -0.25) is 9.69 Å². The highest BCUT2D eigenvalue weighted by Gasteiger charge is 2.18. The van der Waals surface area contributed by atoms with Gasteiger partial charge in [0.1, 0.15) is 5.82 Å². The highest BCUT2D eigenvalue weighted by molar-refractivity contribution is 6.30. The zero-order valence-corrected chi connectivity index (χ0v) is 14.4. The number of halogens is 1. The van der Waals surface area contributed by atoms with Crippen molar-refractivity contribution in [2.75, 3.05) is 6.54 Å². The molecule has 0 radical (unpaired) electrons. The van der Waals surface area contributed by atoms with E-state index in [4.69, 9.17) is 16.7 Å². The molecule has 1 aliphatic rings. The minimum absolute atomic E-state index is 0.191. The number of hydrogen-bond donors (Lipinski definition) is 1. The van der Waals surface area contributed by atoms with Crippen LogP contribution in [0.1, 0.15) is 36.3 Å². The quantitative estimate of drug-likeness (QED) is 0.795. The van der Waals surface area contributed by atoms with Crippen molar-refractivity contribution in [3.8, 4) is 0 Å². The molecule has 1 aliphatic heterocycles. The second kappa shape index (κ2) is 7.81. The van der Waals surface area contributed by atoms with Crippen LogP contribution in [0.15, 0.2) is 30.5 Å². The molecule has 5 nitrogen and oxygen atoms in total. The molecule has 0 saturated heterocycles. The monoisotopic (exact) mass is 347 g/mol. The number of aryl methyl sites for hydroxylation is 1. The Balaban J connectivity index is 1.69. The number of rotatable bonds is 8. The summed E-state index contributed by atoms with van der Waals surface area (Å²) in [4.78, 5) is 17.6. The second-order valence-electron chi connectivity index (χ2n) is 6.26. The van der Waals surface area contributed by atoms with Crippen molar-refractivity contribution < 1.29 is 9.90 Å². The molecule has 0 aliphatic carbocycles. The summed E-state index contributed by atoms with van der Waals surface area (Å²) >= 11 is 6.08. The minimum Gasteiger partial charge on any atom is -0.481 e. The third-order valence-electron chi connectivity index (χ3n) is 4.35. The molecule has 2 aromatic rings. The summed E-state index contributed by atoms with van der Waals surface area (Å²) in [7, 11) is 0. The first-order valence-electron chi connectivity index (χ1n) is 8.33. The summed E-state index contributed by atoms with van der Waals surface area (Å²) in [5, 5.41) is 9.61. The molecule has 0 spiro atoms. The van der Waals surface area contributed by atoms with Crippen LogP contribution in [0.5, 0.6) is 0 Å². The van der Waals surface area contributed by atoms with Crippen LogP contribution >= 0.6 is 11.6 Å². The zero-order valence-electron chi connectivity index (χ0n) is 13.6. The van der Waals surface area contributed by atoms with E-state index >= 15 is 0 Å². The Labute approximate surface area is 146 Å². The molecule has 0 amide bonds. The Morgan fingerprint density at radius 3 is 3.04 bits per heavy atom. The van der Waals surface area contributed by atoms with Gasteiger partial charge in [-0.25, -0.2) is 4.98 Å². The fourth-order valence-corrected chi connectivity index (χ4v) is 3.45. The molecule has 1 aromatic carbocycles. The highest BCUT2D eigenvalue weighted by Crippen LogP contribution is 2.19. The van der Waals surface area contributed by atoms with E-state index < -0.39 is 5.97 Å². The molecule has 3 rings (SSSR count). The largest absolute Gasteiger partial charge is 0.481 e. The second-order valence-corrected chi connectivity index (χ2v) is 6.70. The van der Waals surface area contributed by atoms with Gasteiger partial charge in [-0.2, -0.15) is 0 Å². The summed E-state index contributed by atoms with van der Waals surface area (Å²) in [6.45, 7) is 3.30. The van der Waals surface area contributed by atoms with Crippen LogP contribution in [0, 0.1) is 0 Å². The smallest absolute Gasteiger partial charge is 0.303 e. The van der Waals surface area contributed by atoms with Gasteiger partial charge in [-0.05, 0) is 37.1 Å². The molecule has 1 N–H and O–H groups in total. The fourth-order valence-electron chi connectivity index (χ4n) is 3.24. The average Bonchev–Trinajstić information content (AvgIpc) is 3.12. The van der Waals surface area contributed by atoms with Crippen molar-refractivity contribution >= 4 is 17.6 Å². The van der Waals surface area contributed by atoms with Crippen molar-refractivity contribution in [1.82, 2.24) is 14.5 Å². The normalized spacial score (nSPS) is 13.4. The average molecular weight is 348 g/mol. The Kier molecular flexibility index (Phi) is 5.53. The van der Waals surface area contributed by atoms with Crippen LogP contribution in [0.4, 0.5) is 0 Å². The van der Waals surface area contributed by atoms with E-state index in [1.165, 1.54) is 11.5 Å². The molecular formula is C18H22ClN3O2. The summed E-state index contributed by atoms with van der Waals surface area (Å²) in [5.74, 6) is 0.418. The van der Waals surface area contributed by atoms with E-state index in [0.29, 0.717) is 6.42 Å². The number of hydrogen-bond acceptors (Lipinski definition) is 3. The standard InChI is InChI=1S/C18H22ClN3O2/c19-15-5-1-4-14(10-15)12-21(8-3-7-18(23)24)13-16-11-20-17-6-2-9-22(16)17/h1,4-5,10-11H,2-3,6-9,12-13H2,(H,23,24). The summed E-state index contributed by atoms with van der Waals surface area (Å²) < 4.78 is 2.29. The lowest BCUT2D eigenvalue weighted by atomic mass is 10.2. The van der Waals surface area contributed by atoms with Gasteiger partial charge >= 0.3 is 5.97 Å². The molecule has 0 atom stereocenters. The van der Waals surface area contributed by atoms with Crippen molar-refractivity contribution in [3.05, 3.63) is 52.6 Å². The van der Waals surface area contributed by atoms with E-state index in [0.717, 1.165) is 49.6 Å². The van der Waals surface area contributed by atoms with Gasteiger partial charge in [0.2, 0.25) is 0 Å². The Hall–Kier alpha value is -1.85. The number of fused-ring (bicyclic) bond motifs is 1. The van der Waals surface area contributed by atoms with Crippen LogP contribution in [-0.4, -0.2) is 32.1 Å². The van der Waals surface area contributed by atoms with E-state index in [9.17, 15) is 4.79 Å². The van der Waals surface area contributed by atoms with Gasteiger partial charge in [0, 0.05) is 43.7 Å². The number of carbonyl (C=O) groups is 1. The first-order valence-corrected chi connectivity index (χ1v) is 8.71. The summed E-state index contributed by atoms with van der Waals surface area (Å²) in [5.41, 5.74) is 2.35. The number of benzene rings is 1. The van der Waals surface area contributed by atoms with Gasteiger partial charge in [0.25, 0.3) is 0 Å². The topological polar surface area (TPSA) is 58.4 Å². The molecule has 128 valence electrons. The molecule has 0 bridgehead atoms. The van der Waals surface area contributed by atoms with Crippen molar-refractivity contribution in [2.45, 2.75) is 45.3 Å². The van der Waals surface area contributed by atoms with E-state index in [1.54, 1.807) is 0 Å². The number of imidazole rings is 1. The van der Waals surface area contributed by atoms with Gasteiger partial charge in [0.15, 0.2) is 0 Å². The number of carboxylic acid groups (broad SMARTS) is 1. The molecule has 0 unspecified atom stereocenters. The molecule has 1 aromatic heterocycles. The first kappa shape index (κ1) is 17.0. The van der Waals surface area contributed by atoms with Crippen molar-refractivity contribution in [3.63, 3.8) is 0 Å². The number of aromatic nitrogens is 2. The molecule has 6 heteroatoms. The third kappa shape index (κ3) is 4.36. The Morgan fingerprint density at radius 1 is 1.38 bits per heavy atom. The van der Waals surface area contributed by atoms with E-state index in [1.807, 2.05) is 24.4 Å². The molecule has 24 heavy (non-hydrogen) atoms. The maximum Gasteiger partial charge on any atom is 0.303 e. The van der Waals surface area contributed by atoms with Gasteiger partial charge in [-0.15, -0.1) is 0 Å².